The van der Waals surface area contributed by atoms with Gasteiger partial charge >= 0.3 is 0 Å². The van der Waals surface area contributed by atoms with Crippen LogP contribution in [0.2, 0.25) is 5.02 Å². The summed E-state index contributed by atoms with van der Waals surface area (Å²) >= 11 is 7.51. The molecule has 0 spiro atoms. The van der Waals surface area contributed by atoms with Gasteiger partial charge in [0, 0.05) is 28.4 Å². The molecule has 0 unspecified atom stereocenters. The van der Waals surface area contributed by atoms with Gasteiger partial charge in [-0.05, 0) is 43.3 Å². The zero-order valence-electron chi connectivity index (χ0n) is 13.9. The van der Waals surface area contributed by atoms with Crippen molar-refractivity contribution in [2.24, 2.45) is 0 Å². The maximum Gasteiger partial charge on any atom is 0.191 e. The molecule has 25 heavy (non-hydrogen) atoms. The summed E-state index contributed by atoms with van der Waals surface area (Å²) < 4.78 is 21.1. The molecular formula is C18H17ClFN3OS. The molecule has 0 N–H and O–H groups in total. The summed E-state index contributed by atoms with van der Waals surface area (Å²) in [5, 5.41) is 9.70. The van der Waals surface area contributed by atoms with Gasteiger partial charge in [0.1, 0.15) is 11.6 Å². The Labute approximate surface area is 155 Å². The number of benzene rings is 2. The predicted molar refractivity (Wildman–Crippen MR) is 98.7 cm³/mol. The first-order valence-corrected chi connectivity index (χ1v) is 9.13. The van der Waals surface area contributed by atoms with E-state index in [2.05, 4.69) is 10.2 Å². The average molecular weight is 378 g/mol. The summed E-state index contributed by atoms with van der Waals surface area (Å²) in [6.07, 6.45) is 0. The molecule has 0 fully saturated rings. The highest BCUT2D eigenvalue weighted by atomic mass is 35.5. The van der Waals surface area contributed by atoms with Crippen molar-refractivity contribution in [2.45, 2.75) is 24.4 Å². The van der Waals surface area contributed by atoms with Crippen molar-refractivity contribution in [1.82, 2.24) is 14.8 Å². The van der Waals surface area contributed by atoms with E-state index < -0.39 is 0 Å². The smallest absolute Gasteiger partial charge is 0.191 e. The first-order chi connectivity index (χ1) is 12.1. The van der Waals surface area contributed by atoms with Gasteiger partial charge in [0.15, 0.2) is 11.0 Å². The van der Waals surface area contributed by atoms with Crippen LogP contribution in [-0.2, 0) is 12.3 Å². The van der Waals surface area contributed by atoms with E-state index in [9.17, 15) is 4.39 Å². The molecule has 1 aromatic heterocycles. The second kappa shape index (κ2) is 7.89. The number of nitrogens with zero attached hydrogens (tertiary/aromatic N) is 3. The fourth-order valence-electron chi connectivity index (χ4n) is 2.44. The van der Waals surface area contributed by atoms with Gasteiger partial charge in [-0.2, -0.15) is 0 Å². The molecule has 0 aliphatic carbocycles. The van der Waals surface area contributed by atoms with Crippen molar-refractivity contribution in [3.63, 3.8) is 0 Å². The topological polar surface area (TPSA) is 39.9 Å². The molecule has 4 nitrogen and oxygen atoms in total. The minimum absolute atomic E-state index is 0.307. The maximum atomic E-state index is 13.9. The van der Waals surface area contributed by atoms with Crippen molar-refractivity contribution in [2.75, 3.05) is 7.11 Å². The lowest BCUT2D eigenvalue weighted by Crippen LogP contribution is -2.00. The third-order valence-electron chi connectivity index (χ3n) is 3.79. The molecule has 0 aliphatic rings. The summed E-state index contributed by atoms with van der Waals surface area (Å²) in [5.74, 6) is 1.65. The molecule has 3 aromatic rings. The Bertz CT molecular complexity index is 847. The second-order valence-corrected chi connectivity index (χ2v) is 6.62. The molecule has 0 aliphatic heterocycles. The number of hydrogen-bond donors (Lipinski definition) is 0. The van der Waals surface area contributed by atoms with Gasteiger partial charge in [0.2, 0.25) is 0 Å². The molecule has 0 atom stereocenters. The fourth-order valence-corrected chi connectivity index (χ4v) is 3.79. The van der Waals surface area contributed by atoms with Gasteiger partial charge in [-0.3, -0.25) is 0 Å². The standard InChI is InChI=1S/C18H17ClFN3OS/c1-3-23-17(12-7-9-13(24-2)10-8-12)21-22-18(23)25-11-14-15(19)5-4-6-16(14)20/h4-10H,3,11H2,1-2H3. The molecule has 0 saturated carbocycles. The van der Waals surface area contributed by atoms with E-state index in [1.165, 1.54) is 17.8 Å². The largest absolute Gasteiger partial charge is 0.497 e. The van der Waals surface area contributed by atoms with Crippen LogP contribution in [0.25, 0.3) is 11.4 Å². The van der Waals surface area contributed by atoms with Crippen LogP contribution in [0.1, 0.15) is 12.5 Å². The SMILES string of the molecule is CCn1c(SCc2c(F)cccc2Cl)nnc1-c1ccc(OC)cc1. The van der Waals surface area contributed by atoms with E-state index in [4.69, 9.17) is 16.3 Å². The zero-order chi connectivity index (χ0) is 17.8. The molecular weight excluding hydrogens is 361 g/mol. The zero-order valence-corrected chi connectivity index (χ0v) is 15.4. The van der Waals surface area contributed by atoms with Gasteiger partial charge in [-0.25, -0.2) is 4.39 Å². The number of aromatic nitrogens is 3. The molecule has 3 rings (SSSR count). The molecule has 0 bridgehead atoms. The van der Waals surface area contributed by atoms with Crippen LogP contribution >= 0.6 is 23.4 Å². The van der Waals surface area contributed by atoms with Crippen LogP contribution in [0.5, 0.6) is 5.75 Å². The first kappa shape index (κ1) is 17.8. The Morgan fingerprint density at radius 1 is 1.16 bits per heavy atom. The summed E-state index contributed by atoms with van der Waals surface area (Å²) in [7, 11) is 1.63. The van der Waals surface area contributed by atoms with Crippen LogP contribution in [0.15, 0.2) is 47.6 Å². The van der Waals surface area contributed by atoms with Crippen molar-refractivity contribution in [1.29, 1.82) is 0 Å². The van der Waals surface area contributed by atoms with E-state index >= 15 is 0 Å². The molecule has 1 heterocycles. The van der Waals surface area contributed by atoms with Gasteiger partial charge in [-0.1, -0.05) is 29.4 Å². The summed E-state index contributed by atoms with van der Waals surface area (Å²) in [4.78, 5) is 0. The van der Waals surface area contributed by atoms with Crippen molar-refractivity contribution < 1.29 is 9.13 Å². The van der Waals surface area contributed by atoms with Gasteiger partial charge < -0.3 is 9.30 Å². The Morgan fingerprint density at radius 3 is 2.56 bits per heavy atom. The Morgan fingerprint density at radius 2 is 1.92 bits per heavy atom. The fraction of sp³-hybridized carbons (Fsp3) is 0.222. The van der Waals surface area contributed by atoms with Crippen molar-refractivity contribution >= 4 is 23.4 Å². The third kappa shape index (κ3) is 3.80. The number of ether oxygens (including phenoxy) is 1. The van der Waals surface area contributed by atoms with Crippen LogP contribution in [-0.4, -0.2) is 21.9 Å². The van der Waals surface area contributed by atoms with Crippen LogP contribution in [0.4, 0.5) is 4.39 Å². The maximum absolute atomic E-state index is 13.9. The number of thioether (sulfide) groups is 1. The minimum atomic E-state index is -0.307. The Balaban J connectivity index is 1.84. The molecule has 0 saturated heterocycles. The molecule has 2 aromatic carbocycles. The van der Waals surface area contributed by atoms with Crippen LogP contribution in [0, 0.1) is 5.82 Å². The van der Waals surface area contributed by atoms with Gasteiger partial charge in [0.25, 0.3) is 0 Å². The van der Waals surface area contributed by atoms with E-state index in [1.54, 1.807) is 19.2 Å². The quantitative estimate of drug-likeness (QED) is 0.563. The van der Waals surface area contributed by atoms with Crippen molar-refractivity contribution in [3.8, 4) is 17.1 Å². The van der Waals surface area contributed by atoms with Gasteiger partial charge in [0.05, 0.1) is 7.11 Å². The lowest BCUT2D eigenvalue weighted by molar-refractivity contribution is 0.415. The molecule has 130 valence electrons. The lowest BCUT2D eigenvalue weighted by atomic mass is 10.2. The summed E-state index contributed by atoms with van der Waals surface area (Å²) in [5.41, 5.74) is 1.43. The highest BCUT2D eigenvalue weighted by Crippen LogP contribution is 2.30. The predicted octanol–water partition coefficient (Wildman–Crippen LogP) is 5.06. The average Bonchev–Trinajstić information content (AvgIpc) is 3.04. The van der Waals surface area contributed by atoms with Gasteiger partial charge in [-0.15, -0.1) is 10.2 Å². The normalized spacial score (nSPS) is 10.9. The Kier molecular flexibility index (Phi) is 5.60. The second-order valence-electron chi connectivity index (χ2n) is 5.27. The van der Waals surface area contributed by atoms with E-state index in [1.807, 2.05) is 35.8 Å². The third-order valence-corrected chi connectivity index (χ3v) is 5.14. The van der Waals surface area contributed by atoms with E-state index in [0.717, 1.165) is 22.3 Å². The Hall–Kier alpha value is -2.05. The minimum Gasteiger partial charge on any atom is -0.497 e. The number of methoxy groups -OCH3 is 1. The molecule has 0 radical (unpaired) electrons. The molecule has 7 heteroatoms. The number of hydrogen-bond acceptors (Lipinski definition) is 4. The van der Waals surface area contributed by atoms with Crippen molar-refractivity contribution in [3.05, 3.63) is 58.9 Å². The number of rotatable bonds is 6. The monoisotopic (exact) mass is 377 g/mol. The summed E-state index contributed by atoms with van der Waals surface area (Å²) in [6, 6.07) is 12.4. The molecule has 0 amide bonds. The lowest BCUT2D eigenvalue weighted by Gasteiger charge is -2.09. The van der Waals surface area contributed by atoms with E-state index in [-0.39, 0.29) is 5.82 Å². The van der Waals surface area contributed by atoms with Crippen LogP contribution in [0.3, 0.4) is 0 Å². The van der Waals surface area contributed by atoms with E-state index in [0.29, 0.717) is 22.9 Å². The highest BCUT2D eigenvalue weighted by molar-refractivity contribution is 7.98. The first-order valence-electron chi connectivity index (χ1n) is 7.77. The van der Waals surface area contributed by atoms with Crippen LogP contribution < -0.4 is 4.74 Å². The highest BCUT2D eigenvalue weighted by Gasteiger charge is 2.15. The summed E-state index contributed by atoms with van der Waals surface area (Å²) in [6.45, 7) is 2.73. The number of halogens is 2.